The molecule has 2 N–H and O–H groups in total. The summed E-state index contributed by atoms with van der Waals surface area (Å²) in [5, 5.41) is 11.7. The number of aryl methyl sites for hydroxylation is 1. The molecule has 0 fully saturated rings. The SMILES string of the molecule is CCCc1c(N)nnn1Cc1cc(C)no1. The van der Waals surface area contributed by atoms with Crippen molar-refractivity contribution in [1.82, 2.24) is 20.2 Å². The maximum atomic E-state index is 5.75. The number of aromatic nitrogens is 4. The topological polar surface area (TPSA) is 82.8 Å². The summed E-state index contributed by atoms with van der Waals surface area (Å²) >= 11 is 0. The highest BCUT2D eigenvalue weighted by Crippen LogP contribution is 2.12. The molecule has 86 valence electrons. The Hall–Kier alpha value is -1.85. The molecule has 6 heteroatoms. The molecule has 0 aromatic carbocycles. The third-order valence-corrected chi connectivity index (χ3v) is 2.34. The second-order valence-corrected chi connectivity index (χ2v) is 3.76. The van der Waals surface area contributed by atoms with E-state index in [-0.39, 0.29) is 0 Å². The molecule has 0 saturated carbocycles. The Morgan fingerprint density at radius 2 is 2.31 bits per heavy atom. The fourth-order valence-corrected chi connectivity index (χ4v) is 1.61. The normalized spacial score (nSPS) is 10.9. The van der Waals surface area contributed by atoms with E-state index < -0.39 is 0 Å². The van der Waals surface area contributed by atoms with Gasteiger partial charge in [-0.3, -0.25) is 0 Å². The van der Waals surface area contributed by atoms with Gasteiger partial charge < -0.3 is 10.3 Å². The van der Waals surface area contributed by atoms with Crippen molar-refractivity contribution in [2.45, 2.75) is 33.2 Å². The molecule has 0 saturated heterocycles. The Labute approximate surface area is 93.4 Å². The summed E-state index contributed by atoms with van der Waals surface area (Å²) in [5.41, 5.74) is 7.56. The number of hydrogen-bond acceptors (Lipinski definition) is 5. The minimum absolute atomic E-state index is 0.498. The minimum Gasteiger partial charge on any atom is -0.381 e. The van der Waals surface area contributed by atoms with Gasteiger partial charge in [0.1, 0.15) is 6.54 Å². The van der Waals surface area contributed by atoms with Crippen LogP contribution >= 0.6 is 0 Å². The molecule has 0 aliphatic heterocycles. The third kappa shape index (κ3) is 2.05. The van der Waals surface area contributed by atoms with E-state index >= 15 is 0 Å². The van der Waals surface area contributed by atoms with Gasteiger partial charge >= 0.3 is 0 Å². The van der Waals surface area contributed by atoms with Gasteiger partial charge in [0.25, 0.3) is 0 Å². The van der Waals surface area contributed by atoms with Gasteiger partial charge in [-0.25, -0.2) is 4.68 Å². The van der Waals surface area contributed by atoms with Gasteiger partial charge in [0.15, 0.2) is 11.6 Å². The second-order valence-electron chi connectivity index (χ2n) is 3.76. The molecule has 0 unspecified atom stereocenters. The number of hydrogen-bond donors (Lipinski definition) is 1. The van der Waals surface area contributed by atoms with Gasteiger partial charge in [0, 0.05) is 6.07 Å². The summed E-state index contributed by atoms with van der Waals surface area (Å²) in [6, 6.07) is 1.88. The molecule has 0 amide bonds. The summed E-state index contributed by atoms with van der Waals surface area (Å²) in [5.74, 6) is 1.26. The van der Waals surface area contributed by atoms with Crippen molar-refractivity contribution < 1.29 is 4.52 Å². The zero-order valence-electron chi connectivity index (χ0n) is 9.47. The second kappa shape index (κ2) is 4.34. The van der Waals surface area contributed by atoms with Crippen LogP contribution in [0.4, 0.5) is 5.82 Å². The lowest BCUT2D eigenvalue weighted by Crippen LogP contribution is -2.06. The van der Waals surface area contributed by atoms with Crippen molar-refractivity contribution in [2.24, 2.45) is 0 Å². The maximum absolute atomic E-state index is 5.75. The quantitative estimate of drug-likeness (QED) is 0.837. The minimum atomic E-state index is 0.498. The van der Waals surface area contributed by atoms with Crippen LogP contribution in [0.5, 0.6) is 0 Å². The van der Waals surface area contributed by atoms with Gasteiger partial charge in [-0.15, -0.1) is 5.10 Å². The highest BCUT2D eigenvalue weighted by Gasteiger charge is 2.11. The first-order valence-corrected chi connectivity index (χ1v) is 5.30. The lowest BCUT2D eigenvalue weighted by Gasteiger charge is -2.02. The van der Waals surface area contributed by atoms with Gasteiger partial charge in [-0.2, -0.15) is 0 Å². The Bertz CT molecular complexity index is 473. The highest BCUT2D eigenvalue weighted by atomic mass is 16.5. The van der Waals surface area contributed by atoms with E-state index in [1.54, 1.807) is 4.68 Å². The molecule has 0 radical (unpaired) electrons. The first kappa shape index (κ1) is 10.7. The standard InChI is InChI=1S/C10H15N5O/c1-3-4-9-10(11)12-14-15(9)6-8-5-7(2)13-16-8/h5H,3-4,6,11H2,1-2H3. The molecule has 0 spiro atoms. The van der Waals surface area contributed by atoms with Gasteiger partial charge in [-0.05, 0) is 13.3 Å². The molecule has 2 aromatic rings. The summed E-state index contributed by atoms with van der Waals surface area (Å²) in [7, 11) is 0. The summed E-state index contributed by atoms with van der Waals surface area (Å²) in [4.78, 5) is 0. The van der Waals surface area contributed by atoms with E-state index in [1.165, 1.54) is 0 Å². The van der Waals surface area contributed by atoms with Crippen molar-refractivity contribution in [3.8, 4) is 0 Å². The number of nitrogens with zero attached hydrogens (tertiary/aromatic N) is 4. The smallest absolute Gasteiger partial charge is 0.169 e. The fourth-order valence-electron chi connectivity index (χ4n) is 1.61. The van der Waals surface area contributed by atoms with Gasteiger partial charge in [-0.1, -0.05) is 23.7 Å². The molecule has 2 rings (SSSR count). The molecule has 2 aromatic heterocycles. The number of nitrogen functional groups attached to an aromatic ring is 1. The Kier molecular flexibility index (Phi) is 2.89. The molecular formula is C10H15N5O. The first-order chi connectivity index (χ1) is 7.70. The average molecular weight is 221 g/mol. The van der Waals surface area contributed by atoms with Crippen molar-refractivity contribution >= 4 is 5.82 Å². The van der Waals surface area contributed by atoms with Crippen molar-refractivity contribution in [1.29, 1.82) is 0 Å². The van der Waals surface area contributed by atoms with Crippen LogP contribution in [0.1, 0.15) is 30.5 Å². The number of anilines is 1. The predicted molar refractivity (Wildman–Crippen MR) is 58.8 cm³/mol. The van der Waals surface area contributed by atoms with Crippen molar-refractivity contribution in [3.05, 3.63) is 23.2 Å². The Morgan fingerprint density at radius 1 is 1.50 bits per heavy atom. The Morgan fingerprint density at radius 3 is 2.94 bits per heavy atom. The molecule has 0 aliphatic carbocycles. The molecule has 6 nitrogen and oxygen atoms in total. The lowest BCUT2D eigenvalue weighted by atomic mass is 10.2. The van der Waals surface area contributed by atoms with Crippen molar-refractivity contribution in [3.63, 3.8) is 0 Å². The van der Waals surface area contributed by atoms with Gasteiger partial charge in [0.05, 0.1) is 11.4 Å². The first-order valence-electron chi connectivity index (χ1n) is 5.30. The number of rotatable bonds is 4. The van der Waals surface area contributed by atoms with Crippen LogP contribution in [0.15, 0.2) is 10.6 Å². The van der Waals surface area contributed by atoms with E-state index in [4.69, 9.17) is 10.3 Å². The summed E-state index contributed by atoms with van der Waals surface area (Å²) < 4.78 is 6.89. The fraction of sp³-hybridized carbons (Fsp3) is 0.500. The molecule has 16 heavy (non-hydrogen) atoms. The summed E-state index contributed by atoms with van der Waals surface area (Å²) in [6.07, 6.45) is 1.87. The lowest BCUT2D eigenvalue weighted by molar-refractivity contribution is 0.365. The molecule has 0 atom stereocenters. The van der Waals surface area contributed by atoms with E-state index in [0.717, 1.165) is 30.0 Å². The molecule has 0 aliphatic rings. The van der Waals surface area contributed by atoms with Crippen LogP contribution in [0.3, 0.4) is 0 Å². The van der Waals surface area contributed by atoms with E-state index in [2.05, 4.69) is 22.4 Å². The predicted octanol–water partition coefficient (Wildman–Crippen LogP) is 1.16. The maximum Gasteiger partial charge on any atom is 0.169 e. The zero-order valence-corrected chi connectivity index (χ0v) is 9.47. The monoisotopic (exact) mass is 221 g/mol. The Balaban J connectivity index is 2.20. The van der Waals surface area contributed by atoms with E-state index in [9.17, 15) is 0 Å². The van der Waals surface area contributed by atoms with Crippen LogP contribution in [0.2, 0.25) is 0 Å². The third-order valence-electron chi connectivity index (χ3n) is 2.34. The van der Waals surface area contributed by atoms with Crippen LogP contribution in [-0.2, 0) is 13.0 Å². The largest absolute Gasteiger partial charge is 0.381 e. The summed E-state index contributed by atoms with van der Waals surface area (Å²) in [6.45, 7) is 4.51. The van der Waals surface area contributed by atoms with E-state index in [1.807, 2.05) is 13.0 Å². The average Bonchev–Trinajstić information content (AvgIpc) is 2.79. The highest BCUT2D eigenvalue weighted by molar-refractivity contribution is 5.33. The van der Waals surface area contributed by atoms with Crippen LogP contribution in [0, 0.1) is 6.92 Å². The van der Waals surface area contributed by atoms with E-state index in [0.29, 0.717) is 12.4 Å². The van der Waals surface area contributed by atoms with Crippen LogP contribution in [-0.4, -0.2) is 20.2 Å². The molecule has 0 bridgehead atoms. The van der Waals surface area contributed by atoms with Crippen molar-refractivity contribution in [2.75, 3.05) is 5.73 Å². The van der Waals surface area contributed by atoms with Crippen LogP contribution < -0.4 is 5.73 Å². The molecule has 2 heterocycles. The zero-order chi connectivity index (χ0) is 11.5. The van der Waals surface area contributed by atoms with Crippen LogP contribution in [0.25, 0.3) is 0 Å². The number of nitrogens with two attached hydrogens (primary N) is 1. The van der Waals surface area contributed by atoms with Gasteiger partial charge in [0.2, 0.25) is 0 Å². The molecular weight excluding hydrogens is 206 g/mol.